The minimum absolute atomic E-state index is 0.299. The van der Waals surface area contributed by atoms with Gasteiger partial charge in [-0.15, -0.1) is 0 Å². The Morgan fingerprint density at radius 1 is 1.42 bits per heavy atom. The number of hydrogen-bond donors (Lipinski definition) is 0. The second kappa shape index (κ2) is 3.52. The lowest BCUT2D eigenvalue weighted by atomic mass is 10.1. The van der Waals surface area contributed by atoms with Gasteiger partial charge in [0.25, 0.3) is 0 Å². The predicted octanol–water partition coefficient (Wildman–Crippen LogP) is 2.35. The molecule has 0 atom stereocenters. The lowest BCUT2D eigenvalue weighted by Crippen LogP contribution is -1.98. The highest BCUT2D eigenvalue weighted by Gasteiger charge is 2.08. The first-order valence-corrected chi connectivity index (χ1v) is 3.85. The Morgan fingerprint density at radius 3 is 2.58 bits per heavy atom. The maximum atomic E-state index is 12.6. The first kappa shape index (κ1) is 8.97. The van der Waals surface area contributed by atoms with Gasteiger partial charge in [0.05, 0.1) is 7.11 Å². The topological polar surface area (TPSA) is 22.1 Å². The van der Waals surface area contributed by atoms with Crippen LogP contribution >= 0.6 is 0 Å². The van der Waals surface area contributed by atoms with E-state index in [-0.39, 0.29) is 0 Å². The highest BCUT2D eigenvalue weighted by atomic mass is 19.1. The van der Waals surface area contributed by atoms with Gasteiger partial charge in [-0.2, -0.15) is 9.37 Å². The molecule has 0 amide bonds. The Labute approximate surface area is 71.4 Å². The molecule has 0 radical (unpaired) electrons. The Balaban J connectivity index is 3.11. The Bertz CT molecular complexity index is 273. The van der Waals surface area contributed by atoms with E-state index < -0.39 is 5.95 Å². The smallest absolute Gasteiger partial charge is 0.219 e. The molecule has 1 rings (SSSR count). The summed E-state index contributed by atoms with van der Waals surface area (Å²) < 4.78 is 17.5. The van der Waals surface area contributed by atoms with Gasteiger partial charge in [-0.05, 0) is 18.1 Å². The lowest BCUT2D eigenvalue weighted by molar-refractivity contribution is 0.380. The van der Waals surface area contributed by atoms with Gasteiger partial charge in [0, 0.05) is 5.56 Å². The lowest BCUT2D eigenvalue weighted by Gasteiger charge is -2.09. The van der Waals surface area contributed by atoms with Gasteiger partial charge in [0.15, 0.2) is 0 Å². The van der Waals surface area contributed by atoms with Crippen LogP contribution in [0.2, 0.25) is 0 Å². The van der Waals surface area contributed by atoms with Gasteiger partial charge in [-0.3, -0.25) is 0 Å². The summed E-state index contributed by atoms with van der Waals surface area (Å²) in [6, 6.07) is 3.05. The monoisotopic (exact) mass is 169 g/mol. The number of nitrogens with zero attached hydrogens (tertiary/aromatic N) is 1. The zero-order valence-corrected chi connectivity index (χ0v) is 7.47. The fourth-order valence-electron chi connectivity index (χ4n) is 1.03. The Hall–Kier alpha value is -1.12. The average molecular weight is 169 g/mol. The summed E-state index contributed by atoms with van der Waals surface area (Å²) in [5, 5.41) is 0. The summed E-state index contributed by atoms with van der Waals surface area (Å²) in [6.45, 7) is 4.02. The minimum atomic E-state index is -0.503. The first-order valence-electron chi connectivity index (χ1n) is 3.85. The molecule has 3 heteroatoms. The summed E-state index contributed by atoms with van der Waals surface area (Å²) in [5.41, 5.74) is 0.930. The van der Waals surface area contributed by atoms with Gasteiger partial charge in [-0.25, -0.2) is 0 Å². The van der Waals surface area contributed by atoms with Crippen LogP contribution in [0, 0.1) is 5.95 Å². The standard InChI is InChI=1S/C9H12FNO/c1-6(2)7-4-5-8(10)11-9(7)12-3/h4-6H,1-3H3. The number of rotatable bonds is 2. The molecule has 0 fully saturated rings. The van der Waals surface area contributed by atoms with Crippen LogP contribution in [0.3, 0.4) is 0 Å². The number of pyridine rings is 1. The highest BCUT2D eigenvalue weighted by Crippen LogP contribution is 2.23. The van der Waals surface area contributed by atoms with E-state index in [0.29, 0.717) is 11.8 Å². The molecular formula is C9H12FNO. The minimum Gasteiger partial charge on any atom is -0.481 e. The van der Waals surface area contributed by atoms with Crippen LogP contribution in [-0.4, -0.2) is 12.1 Å². The summed E-state index contributed by atoms with van der Waals surface area (Å²) >= 11 is 0. The molecule has 66 valence electrons. The molecule has 0 N–H and O–H groups in total. The maximum absolute atomic E-state index is 12.6. The number of aromatic nitrogens is 1. The molecule has 2 nitrogen and oxygen atoms in total. The van der Waals surface area contributed by atoms with Crippen LogP contribution in [0.1, 0.15) is 25.3 Å². The molecule has 0 saturated heterocycles. The molecule has 0 aliphatic rings. The van der Waals surface area contributed by atoms with Crippen LogP contribution in [0.4, 0.5) is 4.39 Å². The van der Waals surface area contributed by atoms with E-state index in [1.165, 1.54) is 13.2 Å². The van der Waals surface area contributed by atoms with Crippen molar-refractivity contribution in [2.45, 2.75) is 19.8 Å². The number of ether oxygens (including phenoxy) is 1. The van der Waals surface area contributed by atoms with E-state index in [9.17, 15) is 4.39 Å². The van der Waals surface area contributed by atoms with Crippen molar-refractivity contribution in [1.29, 1.82) is 0 Å². The fraction of sp³-hybridized carbons (Fsp3) is 0.444. The first-order chi connectivity index (χ1) is 5.65. The van der Waals surface area contributed by atoms with Crippen LogP contribution in [0.5, 0.6) is 5.88 Å². The van der Waals surface area contributed by atoms with Crippen LogP contribution in [-0.2, 0) is 0 Å². The van der Waals surface area contributed by atoms with E-state index in [1.54, 1.807) is 6.07 Å². The Kier molecular flexibility index (Phi) is 2.63. The third-order valence-electron chi connectivity index (χ3n) is 1.67. The van der Waals surface area contributed by atoms with Crippen molar-refractivity contribution in [2.75, 3.05) is 7.11 Å². The second-order valence-electron chi connectivity index (χ2n) is 2.89. The molecule has 0 aliphatic heterocycles. The molecule has 1 heterocycles. The molecule has 0 aliphatic carbocycles. The van der Waals surface area contributed by atoms with Crippen molar-refractivity contribution in [1.82, 2.24) is 4.98 Å². The number of hydrogen-bond acceptors (Lipinski definition) is 2. The number of methoxy groups -OCH3 is 1. The van der Waals surface area contributed by atoms with Gasteiger partial charge in [0.1, 0.15) is 0 Å². The van der Waals surface area contributed by atoms with Crippen molar-refractivity contribution in [3.8, 4) is 5.88 Å². The number of halogens is 1. The molecule has 0 spiro atoms. The van der Waals surface area contributed by atoms with Crippen molar-refractivity contribution in [2.24, 2.45) is 0 Å². The molecule has 0 bridgehead atoms. The Morgan fingerprint density at radius 2 is 2.08 bits per heavy atom. The van der Waals surface area contributed by atoms with Gasteiger partial charge < -0.3 is 4.74 Å². The predicted molar refractivity (Wildman–Crippen MR) is 44.8 cm³/mol. The van der Waals surface area contributed by atoms with Crippen molar-refractivity contribution in [3.63, 3.8) is 0 Å². The van der Waals surface area contributed by atoms with Crippen molar-refractivity contribution >= 4 is 0 Å². The quantitative estimate of drug-likeness (QED) is 0.634. The molecule has 1 aromatic rings. The normalized spacial score (nSPS) is 10.4. The zero-order chi connectivity index (χ0) is 9.14. The second-order valence-corrected chi connectivity index (χ2v) is 2.89. The zero-order valence-electron chi connectivity index (χ0n) is 7.47. The largest absolute Gasteiger partial charge is 0.481 e. The molecular weight excluding hydrogens is 157 g/mol. The molecule has 1 aromatic heterocycles. The summed E-state index contributed by atoms with van der Waals surface area (Å²) in [4.78, 5) is 3.62. The summed E-state index contributed by atoms with van der Waals surface area (Å²) in [6.07, 6.45) is 0. The molecule has 12 heavy (non-hydrogen) atoms. The molecule has 0 aromatic carbocycles. The van der Waals surface area contributed by atoms with Crippen LogP contribution in [0.15, 0.2) is 12.1 Å². The molecule has 0 unspecified atom stereocenters. The summed E-state index contributed by atoms with van der Waals surface area (Å²) in [5.74, 6) is 0.175. The van der Waals surface area contributed by atoms with E-state index in [0.717, 1.165) is 5.56 Å². The van der Waals surface area contributed by atoms with E-state index >= 15 is 0 Å². The summed E-state index contributed by atoms with van der Waals surface area (Å²) in [7, 11) is 1.49. The van der Waals surface area contributed by atoms with E-state index in [1.807, 2.05) is 13.8 Å². The van der Waals surface area contributed by atoms with Gasteiger partial charge >= 0.3 is 0 Å². The van der Waals surface area contributed by atoms with E-state index in [4.69, 9.17) is 4.74 Å². The van der Waals surface area contributed by atoms with E-state index in [2.05, 4.69) is 4.98 Å². The maximum Gasteiger partial charge on any atom is 0.219 e. The van der Waals surface area contributed by atoms with Crippen molar-refractivity contribution in [3.05, 3.63) is 23.6 Å². The van der Waals surface area contributed by atoms with Crippen LogP contribution in [0.25, 0.3) is 0 Å². The third-order valence-corrected chi connectivity index (χ3v) is 1.67. The SMILES string of the molecule is COc1nc(F)ccc1C(C)C. The van der Waals surface area contributed by atoms with Gasteiger partial charge in [-0.1, -0.05) is 13.8 Å². The molecule has 0 saturated carbocycles. The fourth-order valence-corrected chi connectivity index (χ4v) is 1.03. The third kappa shape index (κ3) is 1.72. The average Bonchev–Trinajstić information content (AvgIpc) is 2.03. The van der Waals surface area contributed by atoms with Gasteiger partial charge in [0.2, 0.25) is 11.8 Å². The highest BCUT2D eigenvalue weighted by molar-refractivity contribution is 5.28. The van der Waals surface area contributed by atoms with Crippen molar-refractivity contribution < 1.29 is 9.13 Å². The van der Waals surface area contributed by atoms with Crippen LogP contribution < -0.4 is 4.74 Å².